The molecule has 2 aliphatic heterocycles. The molecule has 9 nitrogen and oxygen atoms in total. The van der Waals surface area contributed by atoms with Crippen molar-refractivity contribution in [2.45, 2.75) is 6.92 Å². The number of benzene rings is 1. The van der Waals surface area contributed by atoms with Crippen molar-refractivity contribution in [1.82, 2.24) is 9.99 Å². The summed E-state index contributed by atoms with van der Waals surface area (Å²) >= 11 is 8.89. The fourth-order valence-electron chi connectivity index (χ4n) is 3.34. The number of nitrogens with one attached hydrogen (secondary N) is 1. The molecule has 180 valence electrons. The number of thioether (sulfide) groups is 1. The van der Waals surface area contributed by atoms with E-state index in [9.17, 15) is 9.59 Å². The van der Waals surface area contributed by atoms with Crippen LogP contribution in [0.2, 0.25) is 5.02 Å². The predicted molar refractivity (Wildman–Crippen MR) is 140 cm³/mol. The number of hydrazone groups is 1. The van der Waals surface area contributed by atoms with Gasteiger partial charge in [-0.25, -0.2) is 4.79 Å². The number of esters is 1. The molecule has 2 aliphatic rings. The molecule has 3 aromatic rings. The molecule has 0 atom stereocenters. The van der Waals surface area contributed by atoms with Crippen LogP contribution in [-0.4, -0.2) is 44.5 Å². The van der Waals surface area contributed by atoms with Crippen LogP contribution in [0.15, 0.2) is 69.8 Å². The first-order chi connectivity index (χ1) is 17.4. The van der Waals surface area contributed by atoms with E-state index in [1.54, 1.807) is 49.0 Å². The van der Waals surface area contributed by atoms with Crippen LogP contribution in [0.25, 0.3) is 6.08 Å². The number of amides is 1. The van der Waals surface area contributed by atoms with Crippen LogP contribution in [0.1, 0.15) is 27.7 Å². The van der Waals surface area contributed by atoms with Gasteiger partial charge in [0.1, 0.15) is 9.92 Å². The highest BCUT2D eigenvalue weighted by Gasteiger charge is 2.36. The number of nitrogens with zero attached hydrogens (tertiary/aromatic N) is 4. The Hall–Kier alpha value is -3.80. The van der Waals surface area contributed by atoms with E-state index in [0.29, 0.717) is 27.3 Å². The number of ether oxygens (including phenoxy) is 2. The number of halogens is 1. The Morgan fingerprint density at radius 2 is 2.14 bits per heavy atom. The van der Waals surface area contributed by atoms with Gasteiger partial charge in [0.2, 0.25) is 5.17 Å². The molecule has 1 N–H and O–H groups in total. The number of carbonyl (C=O) groups is 2. The second-order valence-electron chi connectivity index (χ2n) is 7.30. The van der Waals surface area contributed by atoms with Crippen molar-refractivity contribution >= 4 is 68.7 Å². The highest BCUT2D eigenvalue weighted by atomic mass is 35.5. The molecule has 0 fully saturated rings. The van der Waals surface area contributed by atoms with Crippen LogP contribution in [0.4, 0.5) is 0 Å². The lowest BCUT2D eigenvalue weighted by atomic mass is 10.1. The smallest absolute Gasteiger partial charge is 0.353 e. The third-order valence-corrected chi connectivity index (χ3v) is 7.01. The van der Waals surface area contributed by atoms with Gasteiger partial charge in [-0.05, 0) is 66.0 Å². The number of rotatable bonds is 6. The van der Waals surface area contributed by atoms with Crippen molar-refractivity contribution in [2.75, 3.05) is 6.61 Å². The number of pyridine rings is 1. The maximum Gasteiger partial charge on any atom is 0.353 e. The summed E-state index contributed by atoms with van der Waals surface area (Å²) in [6, 6.07) is 10.1. The van der Waals surface area contributed by atoms with E-state index in [2.05, 4.69) is 15.1 Å². The maximum absolute atomic E-state index is 12.8. The third kappa shape index (κ3) is 4.68. The second-order valence-corrected chi connectivity index (χ2v) is 9.61. The predicted octanol–water partition coefficient (Wildman–Crippen LogP) is 5.08. The van der Waals surface area contributed by atoms with Crippen LogP contribution in [0, 0.1) is 5.41 Å². The largest absolute Gasteiger partial charge is 0.490 e. The molecule has 4 heterocycles. The molecule has 36 heavy (non-hydrogen) atoms. The average molecular weight is 538 g/mol. The van der Waals surface area contributed by atoms with Crippen molar-refractivity contribution in [2.24, 2.45) is 10.1 Å². The zero-order chi connectivity index (χ0) is 25.2. The van der Waals surface area contributed by atoms with Gasteiger partial charge in [0.05, 0.1) is 17.2 Å². The fourth-order valence-corrected chi connectivity index (χ4v) is 5.07. The first kappa shape index (κ1) is 23.9. The highest BCUT2D eigenvalue weighted by Crippen LogP contribution is 2.39. The van der Waals surface area contributed by atoms with E-state index in [-0.39, 0.29) is 27.9 Å². The Bertz CT molecular complexity index is 1470. The molecule has 0 saturated carbocycles. The van der Waals surface area contributed by atoms with Crippen LogP contribution in [-0.2, 0) is 4.79 Å². The molecule has 0 saturated heterocycles. The summed E-state index contributed by atoms with van der Waals surface area (Å²) < 4.78 is 11.2. The summed E-state index contributed by atoms with van der Waals surface area (Å²) in [6.07, 6.45) is 4.78. The molecule has 2 aromatic heterocycles. The lowest BCUT2D eigenvalue weighted by molar-refractivity contribution is -0.114. The second kappa shape index (κ2) is 10.1. The number of hydrogen-bond donors (Lipinski definition) is 1. The Balaban J connectivity index is 1.46. The molecule has 0 radical (unpaired) electrons. The molecular formula is C24H16ClN5O4S2. The van der Waals surface area contributed by atoms with Crippen LogP contribution in [0.5, 0.6) is 11.5 Å². The molecule has 0 spiro atoms. The lowest BCUT2D eigenvalue weighted by Crippen LogP contribution is -2.35. The van der Waals surface area contributed by atoms with Crippen molar-refractivity contribution in [3.05, 3.63) is 80.8 Å². The van der Waals surface area contributed by atoms with Gasteiger partial charge in [-0.3, -0.25) is 15.2 Å². The van der Waals surface area contributed by atoms with E-state index in [4.69, 9.17) is 26.5 Å². The Morgan fingerprint density at radius 1 is 1.28 bits per heavy atom. The van der Waals surface area contributed by atoms with Gasteiger partial charge in [0.15, 0.2) is 17.3 Å². The highest BCUT2D eigenvalue weighted by molar-refractivity contribution is 8.27. The topological polar surface area (TPSA) is 117 Å². The number of carbonyl (C=O) groups excluding carboxylic acids is 2. The van der Waals surface area contributed by atoms with Gasteiger partial charge >= 0.3 is 5.97 Å². The van der Waals surface area contributed by atoms with Crippen LogP contribution < -0.4 is 9.47 Å². The Kier molecular flexibility index (Phi) is 6.68. The zero-order valence-electron chi connectivity index (χ0n) is 18.6. The third-order valence-electron chi connectivity index (χ3n) is 4.92. The number of amidine groups is 2. The number of aromatic nitrogens is 1. The quantitative estimate of drug-likeness (QED) is 0.264. The first-order valence-electron chi connectivity index (χ1n) is 10.6. The summed E-state index contributed by atoms with van der Waals surface area (Å²) in [7, 11) is 0. The summed E-state index contributed by atoms with van der Waals surface area (Å²) in [5.41, 5.74) is 1.25. The number of fused-ring (bicyclic) bond motifs is 1. The van der Waals surface area contributed by atoms with E-state index in [1.165, 1.54) is 40.2 Å². The monoisotopic (exact) mass is 537 g/mol. The van der Waals surface area contributed by atoms with Gasteiger partial charge < -0.3 is 9.47 Å². The SMILES string of the molecule is CCOc1cc(C=C2C(=N)N3N=C(c4cccnc4)SC3=NC2=O)cc(Cl)c1OC(=O)c1cccs1. The minimum absolute atomic E-state index is 0.0254. The molecule has 0 bridgehead atoms. The van der Waals surface area contributed by atoms with E-state index < -0.39 is 11.9 Å². The number of hydrogen-bond acceptors (Lipinski definition) is 9. The van der Waals surface area contributed by atoms with Crippen molar-refractivity contribution < 1.29 is 19.1 Å². The van der Waals surface area contributed by atoms with Gasteiger partial charge in [0, 0.05) is 18.0 Å². The first-order valence-corrected chi connectivity index (χ1v) is 12.6. The van der Waals surface area contributed by atoms with Gasteiger partial charge in [-0.15, -0.1) is 11.3 Å². The van der Waals surface area contributed by atoms with E-state index >= 15 is 0 Å². The van der Waals surface area contributed by atoms with Gasteiger partial charge in [0.25, 0.3) is 5.91 Å². The minimum atomic E-state index is -0.580. The van der Waals surface area contributed by atoms with Crippen molar-refractivity contribution in [3.63, 3.8) is 0 Å². The standard InChI is InChI=1S/C24H16ClN5O4S2/c1-2-33-17-11-13(10-16(25)19(17)34-23(32)18-6-4-8-35-18)9-15-20(26)30-24(28-21(15)31)36-22(29-30)14-5-3-7-27-12-14/h3-12,26H,2H2,1H3. The van der Waals surface area contributed by atoms with Crippen LogP contribution >= 0.6 is 34.7 Å². The molecule has 1 amide bonds. The number of thiophene rings is 1. The fraction of sp³-hybridized carbons (Fsp3) is 0.0833. The summed E-state index contributed by atoms with van der Waals surface area (Å²) in [4.78, 5) is 33.9. The van der Waals surface area contributed by atoms with E-state index in [1.807, 2.05) is 6.07 Å². The molecule has 0 aliphatic carbocycles. The maximum atomic E-state index is 12.8. The molecule has 12 heteroatoms. The van der Waals surface area contributed by atoms with Gasteiger partial charge in [-0.1, -0.05) is 17.7 Å². The lowest BCUT2D eigenvalue weighted by Gasteiger charge is -2.20. The average Bonchev–Trinajstić information content (AvgIpc) is 3.55. The Labute approximate surface area is 218 Å². The molecule has 0 unspecified atom stereocenters. The minimum Gasteiger partial charge on any atom is -0.490 e. The molecule has 1 aromatic carbocycles. The molecular weight excluding hydrogens is 522 g/mol. The number of aliphatic imine (C=N–C) groups is 1. The van der Waals surface area contributed by atoms with E-state index in [0.717, 1.165) is 5.56 Å². The molecule has 5 rings (SSSR count). The summed E-state index contributed by atoms with van der Waals surface area (Å²) in [5.74, 6) is -0.957. The van der Waals surface area contributed by atoms with Crippen molar-refractivity contribution in [3.8, 4) is 11.5 Å². The van der Waals surface area contributed by atoms with Crippen molar-refractivity contribution in [1.29, 1.82) is 5.41 Å². The Morgan fingerprint density at radius 3 is 2.86 bits per heavy atom. The van der Waals surface area contributed by atoms with Crippen LogP contribution in [0.3, 0.4) is 0 Å². The van der Waals surface area contributed by atoms with Gasteiger partial charge in [-0.2, -0.15) is 15.1 Å². The summed E-state index contributed by atoms with van der Waals surface area (Å²) in [6.45, 7) is 2.07. The summed E-state index contributed by atoms with van der Waals surface area (Å²) in [5, 5.41) is 17.1. The zero-order valence-corrected chi connectivity index (χ0v) is 21.0. The normalized spacial score (nSPS) is 16.1.